The van der Waals surface area contributed by atoms with E-state index in [4.69, 9.17) is 19.2 Å². The molecule has 0 atom stereocenters. The molecule has 9 heteroatoms. The molecular formula is C34H34N6O3. The number of benzene rings is 3. The molecule has 4 aromatic rings. The number of aromatic nitrogens is 2. The fraction of sp³-hybridized carbons (Fsp3) is 0.294. The number of aliphatic imine (C=N–C) groups is 1. The number of hydrogen-bond acceptors (Lipinski definition) is 9. The Kier molecular flexibility index (Phi) is 8.76. The summed E-state index contributed by atoms with van der Waals surface area (Å²) in [5, 5.41) is 9.57. The third-order valence-electron chi connectivity index (χ3n) is 7.45. The second-order valence-corrected chi connectivity index (χ2v) is 10.7. The Bertz CT molecular complexity index is 1630. The van der Waals surface area contributed by atoms with E-state index >= 15 is 0 Å². The van der Waals surface area contributed by atoms with E-state index in [-0.39, 0.29) is 6.01 Å². The van der Waals surface area contributed by atoms with Gasteiger partial charge in [-0.25, -0.2) is 0 Å². The predicted octanol–water partition coefficient (Wildman–Crippen LogP) is 6.19. The molecule has 43 heavy (non-hydrogen) atoms. The van der Waals surface area contributed by atoms with Crippen LogP contribution in [0.5, 0.6) is 29.1 Å². The van der Waals surface area contributed by atoms with Gasteiger partial charge in [-0.2, -0.15) is 15.2 Å². The molecule has 3 heterocycles. The van der Waals surface area contributed by atoms with Crippen LogP contribution in [0.1, 0.15) is 41.6 Å². The van der Waals surface area contributed by atoms with Crippen LogP contribution in [0.25, 0.3) is 0 Å². The van der Waals surface area contributed by atoms with Gasteiger partial charge < -0.3 is 19.1 Å². The fourth-order valence-corrected chi connectivity index (χ4v) is 5.25. The van der Waals surface area contributed by atoms with Crippen LogP contribution in [0.2, 0.25) is 0 Å². The zero-order valence-corrected chi connectivity index (χ0v) is 24.3. The van der Waals surface area contributed by atoms with Crippen molar-refractivity contribution in [2.24, 2.45) is 4.99 Å². The van der Waals surface area contributed by atoms with E-state index in [9.17, 15) is 5.26 Å². The molecule has 218 valence electrons. The minimum Gasteiger partial charge on any atom is -0.485 e. The van der Waals surface area contributed by atoms with Gasteiger partial charge in [0.25, 0.3) is 0 Å². The van der Waals surface area contributed by atoms with Crippen LogP contribution < -0.4 is 14.2 Å². The Morgan fingerprint density at radius 1 is 0.837 bits per heavy atom. The molecule has 0 aliphatic carbocycles. The largest absolute Gasteiger partial charge is 0.485 e. The number of nitriles is 1. The van der Waals surface area contributed by atoms with Gasteiger partial charge in [0.2, 0.25) is 5.88 Å². The first-order chi connectivity index (χ1) is 21.1. The molecule has 1 aromatic heterocycles. The van der Waals surface area contributed by atoms with Gasteiger partial charge in [-0.15, -0.1) is 0 Å². The van der Waals surface area contributed by atoms with Crippen LogP contribution in [-0.4, -0.2) is 58.8 Å². The van der Waals surface area contributed by atoms with Crippen molar-refractivity contribution in [3.8, 4) is 35.2 Å². The molecule has 0 radical (unpaired) electrons. The Labute approximate surface area is 252 Å². The molecular weight excluding hydrogens is 540 g/mol. The van der Waals surface area contributed by atoms with Gasteiger partial charge in [-0.1, -0.05) is 48.9 Å². The molecule has 0 amide bonds. The van der Waals surface area contributed by atoms with Crippen LogP contribution in [0.3, 0.4) is 0 Å². The summed E-state index contributed by atoms with van der Waals surface area (Å²) in [5.41, 5.74) is 3.25. The zero-order valence-electron chi connectivity index (χ0n) is 24.3. The average molecular weight is 575 g/mol. The molecule has 9 nitrogen and oxygen atoms in total. The first-order valence-corrected chi connectivity index (χ1v) is 14.7. The lowest BCUT2D eigenvalue weighted by Crippen LogP contribution is -2.29. The van der Waals surface area contributed by atoms with Crippen LogP contribution in [0.4, 0.5) is 0 Å². The monoisotopic (exact) mass is 574 g/mol. The van der Waals surface area contributed by atoms with Crippen molar-refractivity contribution in [1.29, 1.82) is 5.26 Å². The van der Waals surface area contributed by atoms with Crippen molar-refractivity contribution in [3.63, 3.8) is 0 Å². The fourth-order valence-electron chi connectivity index (χ4n) is 5.25. The molecule has 0 bridgehead atoms. The number of likely N-dealkylation sites (tertiary alicyclic amines) is 1. The Morgan fingerprint density at radius 2 is 1.70 bits per heavy atom. The van der Waals surface area contributed by atoms with Gasteiger partial charge in [-0.3, -0.25) is 9.89 Å². The number of amidine groups is 1. The highest BCUT2D eigenvalue weighted by Crippen LogP contribution is 2.34. The summed E-state index contributed by atoms with van der Waals surface area (Å²) in [6, 6.07) is 27.0. The lowest BCUT2D eigenvalue weighted by Gasteiger charge is -2.26. The van der Waals surface area contributed by atoms with Crippen molar-refractivity contribution in [1.82, 2.24) is 19.8 Å². The average Bonchev–Trinajstić information content (AvgIpc) is 3.47. The van der Waals surface area contributed by atoms with E-state index in [2.05, 4.69) is 25.8 Å². The minimum atomic E-state index is 0.187. The third-order valence-corrected chi connectivity index (χ3v) is 7.45. The molecule has 3 aromatic carbocycles. The Morgan fingerprint density at radius 3 is 2.49 bits per heavy atom. The second-order valence-electron chi connectivity index (χ2n) is 10.7. The topological polar surface area (TPSA) is 96.1 Å². The maximum Gasteiger partial charge on any atom is 0.325 e. The molecule has 0 saturated carbocycles. The summed E-state index contributed by atoms with van der Waals surface area (Å²) >= 11 is 0. The maximum absolute atomic E-state index is 9.57. The second kappa shape index (κ2) is 13.4. The van der Waals surface area contributed by atoms with Gasteiger partial charge in [0.05, 0.1) is 23.9 Å². The molecule has 2 aliphatic rings. The first-order valence-electron chi connectivity index (χ1n) is 14.7. The van der Waals surface area contributed by atoms with E-state index in [0.717, 1.165) is 48.8 Å². The summed E-state index contributed by atoms with van der Waals surface area (Å²) in [6.45, 7) is 4.74. The highest BCUT2D eigenvalue weighted by atomic mass is 16.5. The molecule has 0 unspecified atom stereocenters. The van der Waals surface area contributed by atoms with Crippen molar-refractivity contribution in [3.05, 3.63) is 101 Å². The Balaban J connectivity index is 1.29. The summed E-state index contributed by atoms with van der Waals surface area (Å²) in [4.78, 5) is 18.5. The predicted molar refractivity (Wildman–Crippen MR) is 164 cm³/mol. The van der Waals surface area contributed by atoms with Crippen LogP contribution >= 0.6 is 0 Å². The highest BCUT2D eigenvalue weighted by Gasteiger charge is 2.18. The van der Waals surface area contributed by atoms with Gasteiger partial charge in [-0.05, 0) is 55.8 Å². The SMILES string of the molecule is CN1CCN=C1c1cccc(Oc2nc(CN3CCCCC3)cc(Oc3cc(C#N)ccc3OCc3ccccc3)n2)c1. The van der Waals surface area contributed by atoms with E-state index < -0.39 is 0 Å². The number of nitrogens with zero attached hydrogens (tertiary/aromatic N) is 6. The summed E-state index contributed by atoms with van der Waals surface area (Å²) in [7, 11) is 2.04. The van der Waals surface area contributed by atoms with E-state index in [1.165, 1.54) is 19.3 Å². The Hall–Kier alpha value is -4.94. The molecule has 6 rings (SSSR count). The molecule has 2 aliphatic heterocycles. The lowest BCUT2D eigenvalue weighted by atomic mass is 10.1. The van der Waals surface area contributed by atoms with E-state index in [1.54, 1.807) is 18.2 Å². The lowest BCUT2D eigenvalue weighted by molar-refractivity contribution is 0.217. The van der Waals surface area contributed by atoms with Crippen molar-refractivity contribution in [2.75, 3.05) is 33.2 Å². The summed E-state index contributed by atoms with van der Waals surface area (Å²) < 4.78 is 18.7. The maximum atomic E-state index is 9.57. The number of piperidine rings is 1. The first kappa shape index (κ1) is 28.2. The molecule has 0 spiro atoms. The van der Waals surface area contributed by atoms with Crippen molar-refractivity contribution in [2.45, 2.75) is 32.4 Å². The van der Waals surface area contributed by atoms with E-state index in [1.807, 2.05) is 67.7 Å². The molecule has 0 N–H and O–H groups in total. The normalized spacial score (nSPS) is 15.1. The van der Waals surface area contributed by atoms with Crippen molar-refractivity contribution < 1.29 is 14.2 Å². The zero-order chi connectivity index (χ0) is 29.4. The number of likely N-dealkylation sites (N-methyl/N-ethyl adjacent to an activating group) is 1. The summed E-state index contributed by atoms with van der Waals surface area (Å²) in [5.74, 6) is 2.77. The minimum absolute atomic E-state index is 0.187. The number of rotatable bonds is 10. The molecule has 1 fully saturated rings. The highest BCUT2D eigenvalue weighted by molar-refractivity contribution is 5.99. The number of hydrogen-bond donors (Lipinski definition) is 0. The van der Waals surface area contributed by atoms with Gasteiger partial charge in [0.15, 0.2) is 11.5 Å². The number of ether oxygens (including phenoxy) is 3. The van der Waals surface area contributed by atoms with Crippen molar-refractivity contribution >= 4 is 5.84 Å². The van der Waals surface area contributed by atoms with Gasteiger partial charge in [0.1, 0.15) is 18.2 Å². The summed E-state index contributed by atoms with van der Waals surface area (Å²) in [6.07, 6.45) is 3.60. The van der Waals surface area contributed by atoms with Gasteiger partial charge >= 0.3 is 6.01 Å². The standard InChI is InChI=1S/C34H34N6O3/c1-39-18-15-36-33(39)27-11-8-12-29(20-27)42-34-37-28(23-40-16-6-3-7-17-40)21-32(38-34)43-31-19-26(22-35)13-14-30(31)41-24-25-9-4-2-5-10-25/h2,4-5,8-14,19-21H,3,6-7,15-18,23-24H2,1H3. The van der Waals surface area contributed by atoms with Crippen LogP contribution in [0.15, 0.2) is 83.9 Å². The van der Waals surface area contributed by atoms with Crippen LogP contribution in [0, 0.1) is 11.3 Å². The third kappa shape index (κ3) is 7.29. The van der Waals surface area contributed by atoms with E-state index in [0.29, 0.717) is 41.8 Å². The van der Waals surface area contributed by atoms with Crippen LogP contribution in [-0.2, 0) is 13.2 Å². The van der Waals surface area contributed by atoms with Gasteiger partial charge in [0, 0.05) is 37.8 Å². The molecule has 1 saturated heterocycles. The quantitative estimate of drug-likeness (QED) is 0.221. The smallest absolute Gasteiger partial charge is 0.325 e.